The monoisotopic (exact) mass is 187 g/mol. The van der Waals surface area contributed by atoms with Crippen LogP contribution in [0, 0.1) is 5.41 Å². The van der Waals surface area contributed by atoms with Gasteiger partial charge >= 0.3 is 0 Å². The number of hydroxylamine groups is 2. The van der Waals surface area contributed by atoms with Crippen LogP contribution in [0.2, 0.25) is 0 Å². The summed E-state index contributed by atoms with van der Waals surface area (Å²) in [6.45, 7) is 11.0. The highest BCUT2D eigenvalue weighted by molar-refractivity contribution is 4.80. The fourth-order valence-corrected chi connectivity index (χ4v) is 1.47. The quantitative estimate of drug-likeness (QED) is 0.684. The van der Waals surface area contributed by atoms with E-state index in [0.717, 1.165) is 6.42 Å². The number of hydrogen-bond donors (Lipinski definition) is 1. The highest BCUT2D eigenvalue weighted by atomic mass is 16.9. The summed E-state index contributed by atoms with van der Waals surface area (Å²) in [5, 5.41) is 11.5. The molecular formula is C10H21NO2. The van der Waals surface area contributed by atoms with Gasteiger partial charge in [-0.1, -0.05) is 20.8 Å². The molecule has 0 aliphatic carbocycles. The van der Waals surface area contributed by atoms with E-state index in [2.05, 4.69) is 20.8 Å². The van der Waals surface area contributed by atoms with Crippen LogP contribution in [-0.2, 0) is 4.84 Å². The number of hydrogen-bond acceptors (Lipinski definition) is 3. The summed E-state index contributed by atoms with van der Waals surface area (Å²) in [5.74, 6) is 0. The molecule has 13 heavy (non-hydrogen) atoms. The van der Waals surface area contributed by atoms with Gasteiger partial charge in [0.05, 0.1) is 12.6 Å². The third kappa shape index (κ3) is 3.63. The smallest absolute Gasteiger partial charge is 0.159 e. The van der Waals surface area contributed by atoms with Crippen molar-refractivity contribution in [2.45, 2.75) is 52.9 Å². The largest absolute Gasteiger partial charge is 0.392 e. The summed E-state index contributed by atoms with van der Waals surface area (Å²) >= 11 is 0. The molecule has 1 rings (SSSR count). The molecule has 3 heteroatoms. The van der Waals surface area contributed by atoms with E-state index in [9.17, 15) is 5.11 Å². The molecule has 0 saturated carbocycles. The lowest BCUT2D eigenvalue weighted by Gasteiger charge is -2.22. The van der Waals surface area contributed by atoms with Crippen molar-refractivity contribution >= 4 is 0 Å². The van der Waals surface area contributed by atoms with Gasteiger partial charge < -0.3 is 5.11 Å². The van der Waals surface area contributed by atoms with E-state index in [1.165, 1.54) is 0 Å². The van der Waals surface area contributed by atoms with Gasteiger partial charge in [0.25, 0.3) is 0 Å². The van der Waals surface area contributed by atoms with E-state index < -0.39 is 0 Å². The van der Waals surface area contributed by atoms with Crippen molar-refractivity contribution in [3.05, 3.63) is 0 Å². The summed E-state index contributed by atoms with van der Waals surface area (Å²) in [4.78, 5) is 5.26. The lowest BCUT2D eigenvalue weighted by Crippen LogP contribution is -2.27. The summed E-state index contributed by atoms with van der Waals surface area (Å²) < 4.78 is 0. The molecule has 0 spiro atoms. The van der Waals surface area contributed by atoms with Crippen LogP contribution in [0.5, 0.6) is 0 Å². The first-order valence-corrected chi connectivity index (χ1v) is 4.85. The van der Waals surface area contributed by atoms with E-state index in [1.807, 2.05) is 18.9 Å². The zero-order valence-corrected chi connectivity index (χ0v) is 9.29. The minimum Gasteiger partial charge on any atom is -0.392 e. The summed E-state index contributed by atoms with van der Waals surface area (Å²) in [7, 11) is 0. The van der Waals surface area contributed by atoms with Crippen LogP contribution in [0.15, 0.2) is 0 Å². The Balaban J connectivity index is 2.24. The van der Waals surface area contributed by atoms with Crippen molar-refractivity contribution in [3.63, 3.8) is 0 Å². The predicted molar refractivity (Wildman–Crippen MR) is 51.9 cm³/mol. The Bertz CT molecular complexity index is 184. The Morgan fingerprint density at radius 2 is 1.85 bits per heavy atom. The second-order valence-corrected chi connectivity index (χ2v) is 5.52. The Morgan fingerprint density at radius 3 is 2.15 bits per heavy atom. The molecule has 2 atom stereocenters. The van der Waals surface area contributed by atoms with E-state index in [0.29, 0.717) is 6.54 Å². The summed E-state index contributed by atoms with van der Waals surface area (Å²) in [6.07, 6.45) is 0.518. The molecule has 0 radical (unpaired) electrons. The van der Waals surface area contributed by atoms with Crippen molar-refractivity contribution < 1.29 is 9.94 Å². The predicted octanol–water partition coefficient (Wildman–Crippen LogP) is 1.77. The Morgan fingerprint density at radius 1 is 1.38 bits per heavy atom. The summed E-state index contributed by atoms with van der Waals surface area (Å²) in [6, 6.07) is 0. The SMILES string of the molecule is CC(C)(C)CC(O)CN1OC1(C)C. The topological polar surface area (TPSA) is 35.8 Å². The van der Waals surface area contributed by atoms with Crippen LogP contribution >= 0.6 is 0 Å². The molecule has 0 aromatic heterocycles. The molecule has 1 aliphatic rings. The zero-order valence-electron chi connectivity index (χ0n) is 9.29. The van der Waals surface area contributed by atoms with Crippen LogP contribution < -0.4 is 0 Å². The number of aliphatic hydroxyl groups excluding tert-OH is 1. The van der Waals surface area contributed by atoms with Crippen LogP contribution in [0.1, 0.15) is 41.0 Å². The fourth-order valence-electron chi connectivity index (χ4n) is 1.47. The highest BCUT2D eigenvalue weighted by Gasteiger charge is 2.46. The van der Waals surface area contributed by atoms with Gasteiger partial charge in [-0.15, -0.1) is 0 Å². The third-order valence-corrected chi connectivity index (χ3v) is 2.13. The van der Waals surface area contributed by atoms with Gasteiger partial charge in [-0.3, -0.25) is 4.84 Å². The maximum absolute atomic E-state index is 9.71. The van der Waals surface area contributed by atoms with Gasteiger partial charge in [0.15, 0.2) is 5.72 Å². The fraction of sp³-hybridized carbons (Fsp3) is 1.00. The van der Waals surface area contributed by atoms with Gasteiger partial charge in [0, 0.05) is 0 Å². The zero-order chi connectivity index (χ0) is 10.3. The normalized spacial score (nSPS) is 28.6. The van der Waals surface area contributed by atoms with Crippen LogP contribution in [0.25, 0.3) is 0 Å². The third-order valence-electron chi connectivity index (χ3n) is 2.13. The number of β-amino-alcohol motifs (C(OH)–C–C–N with tert-alkyl or cyclic N) is 1. The first kappa shape index (κ1) is 11.0. The van der Waals surface area contributed by atoms with Crippen LogP contribution in [-0.4, -0.2) is 28.5 Å². The average molecular weight is 187 g/mol. The van der Waals surface area contributed by atoms with Crippen molar-refractivity contribution in [1.29, 1.82) is 0 Å². The molecule has 0 amide bonds. The average Bonchev–Trinajstić information content (AvgIpc) is 2.32. The first-order chi connectivity index (χ1) is 5.71. The molecule has 1 saturated heterocycles. The van der Waals surface area contributed by atoms with Crippen molar-refractivity contribution in [1.82, 2.24) is 5.06 Å². The van der Waals surface area contributed by atoms with Gasteiger partial charge in [0.2, 0.25) is 0 Å². The van der Waals surface area contributed by atoms with Crippen LogP contribution in [0.4, 0.5) is 0 Å². The Kier molecular flexibility index (Phi) is 2.72. The molecule has 2 unspecified atom stereocenters. The first-order valence-electron chi connectivity index (χ1n) is 4.85. The minimum atomic E-state index is -0.290. The van der Waals surface area contributed by atoms with Crippen LogP contribution in [0.3, 0.4) is 0 Å². The molecule has 78 valence electrons. The molecule has 3 nitrogen and oxygen atoms in total. The lowest BCUT2D eigenvalue weighted by atomic mass is 9.89. The minimum absolute atomic E-state index is 0.154. The van der Waals surface area contributed by atoms with Gasteiger partial charge in [-0.05, 0) is 25.7 Å². The number of aliphatic hydroxyl groups is 1. The van der Waals surface area contributed by atoms with E-state index >= 15 is 0 Å². The molecule has 1 N–H and O–H groups in total. The second-order valence-electron chi connectivity index (χ2n) is 5.52. The molecule has 1 fully saturated rings. The molecule has 1 aliphatic heterocycles. The molecule has 0 aromatic rings. The summed E-state index contributed by atoms with van der Waals surface area (Å²) in [5.41, 5.74) is 0.0262. The lowest BCUT2D eigenvalue weighted by molar-refractivity contribution is 0.0673. The Labute approximate surface area is 80.6 Å². The highest BCUT2D eigenvalue weighted by Crippen LogP contribution is 2.34. The van der Waals surface area contributed by atoms with E-state index in [1.54, 1.807) is 0 Å². The molecule has 0 bridgehead atoms. The molecule has 0 aromatic carbocycles. The molecular weight excluding hydrogens is 166 g/mol. The van der Waals surface area contributed by atoms with Gasteiger partial charge in [-0.25, -0.2) is 0 Å². The number of nitrogens with zero attached hydrogens (tertiary/aromatic N) is 1. The van der Waals surface area contributed by atoms with E-state index in [4.69, 9.17) is 4.84 Å². The standard InChI is InChI=1S/C10H21NO2/c1-9(2,3)6-8(12)7-11-10(4,5)13-11/h8,12H,6-7H2,1-5H3. The van der Waals surface area contributed by atoms with Crippen molar-refractivity contribution in [3.8, 4) is 0 Å². The maximum Gasteiger partial charge on any atom is 0.159 e. The molecule has 1 heterocycles. The Hall–Kier alpha value is -0.120. The van der Waals surface area contributed by atoms with Crippen molar-refractivity contribution in [2.24, 2.45) is 5.41 Å². The maximum atomic E-state index is 9.71. The van der Waals surface area contributed by atoms with Gasteiger partial charge in [-0.2, -0.15) is 5.06 Å². The van der Waals surface area contributed by atoms with Gasteiger partial charge in [0.1, 0.15) is 0 Å². The van der Waals surface area contributed by atoms with Crippen molar-refractivity contribution in [2.75, 3.05) is 6.54 Å². The second kappa shape index (κ2) is 3.23. The number of rotatable bonds is 3. The van der Waals surface area contributed by atoms with E-state index in [-0.39, 0.29) is 17.2 Å².